The SMILES string of the molecule is Cc1cccc(CN2C(=O)/C(=C\c3ccc(C(=O)NCc4ccc5c(c4)OCO5)cc3)SC3CCCCC32)c1. The molecule has 0 spiro atoms. The van der Waals surface area contributed by atoms with Gasteiger partial charge in [-0.15, -0.1) is 11.8 Å². The zero-order chi connectivity index (χ0) is 26.8. The molecular formula is C32H32N2O4S. The molecule has 2 amide bonds. The molecule has 1 N–H and O–H groups in total. The zero-order valence-corrected chi connectivity index (χ0v) is 22.8. The Kier molecular flexibility index (Phi) is 7.33. The molecule has 2 atom stereocenters. The third kappa shape index (κ3) is 5.69. The highest BCUT2D eigenvalue weighted by Gasteiger charge is 2.40. The molecule has 0 bridgehead atoms. The fourth-order valence-electron chi connectivity index (χ4n) is 5.59. The number of thioether (sulfide) groups is 1. The maximum Gasteiger partial charge on any atom is 0.260 e. The number of ether oxygens (including phenoxy) is 2. The van der Waals surface area contributed by atoms with Gasteiger partial charge in [-0.1, -0.05) is 60.9 Å². The average molecular weight is 541 g/mol. The Morgan fingerprint density at radius 1 is 1.00 bits per heavy atom. The number of hydrogen-bond donors (Lipinski definition) is 1. The van der Waals surface area contributed by atoms with Gasteiger partial charge in [0.25, 0.3) is 11.8 Å². The number of aryl methyl sites for hydroxylation is 1. The van der Waals surface area contributed by atoms with Crippen LogP contribution in [0, 0.1) is 6.92 Å². The lowest BCUT2D eigenvalue weighted by Gasteiger charge is -2.44. The Balaban J connectivity index is 1.14. The molecule has 0 radical (unpaired) electrons. The van der Waals surface area contributed by atoms with Crippen molar-refractivity contribution in [1.82, 2.24) is 10.2 Å². The fourth-order valence-corrected chi connectivity index (χ4v) is 7.06. The summed E-state index contributed by atoms with van der Waals surface area (Å²) in [4.78, 5) is 29.3. The third-order valence-electron chi connectivity index (χ3n) is 7.61. The smallest absolute Gasteiger partial charge is 0.260 e. The van der Waals surface area contributed by atoms with E-state index in [1.165, 1.54) is 24.0 Å². The van der Waals surface area contributed by atoms with Crippen molar-refractivity contribution in [3.8, 4) is 11.5 Å². The first-order valence-corrected chi connectivity index (χ1v) is 14.4. The Morgan fingerprint density at radius 3 is 2.67 bits per heavy atom. The molecule has 6 nitrogen and oxygen atoms in total. The van der Waals surface area contributed by atoms with E-state index < -0.39 is 0 Å². The van der Waals surface area contributed by atoms with Crippen molar-refractivity contribution in [3.63, 3.8) is 0 Å². The van der Waals surface area contributed by atoms with Gasteiger partial charge in [-0.2, -0.15) is 0 Å². The summed E-state index contributed by atoms with van der Waals surface area (Å²) in [6.45, 7) is 3.35. The topological polar surface area (TPSA) is 67.9 Å². The van der Waals surface area contributed by atoms with Crippen LogP contribution in [0.5, 0.6) is 11.5 Å². The molecule has 3 aromatic carbocycles. The fraction of sp³-hybridized carbons (Fsp3) is 0.312. The Labute approximate surface area is 233 Å². The Bertz CT molecular complexity index is 1420. The molecule has 2 aliphatic heterocycles. The van der Waals surface area contributed by atoms with Gasteiger partial charge in [0.1, 0.15) is 0 Å². The monoisotopic (exact) mass is 540 g/mol. The van der Waals surface area contributed by atoms with Crippen molar-refractivity contribution in [1.29, 1.82) is 0 Å². The van der Waals surface area contributed by atoms with E-state index in [9.17, 15) is 9.59 Å². The normalized spacial score (nSPS) is 21.1. The summed E-state index contributed by atoms with van der Waals surface area (Å²) in [6, 6.07) is 21.8. The lowest BCUT2D eigenvalue weighted by atomic mass is 9.92. The van der Waals surface area contributed by atoms with Crippen LogP contribution in [-0.2, 0) is 17.9 Å². The second kappa shape index (κ2) is 11.2. The minimum Gasteiger partial charge on any atom is -0.454 e. The van der Waals surface area contributed by atoms with Gasteiger partial charge in [-0.25, -0.2) is 0 Å². The van der Waals surface area contributed by atoms with Gasteiger partial charge in [0.15, 0.2) is 11.5 Å². The van der Waals surface area contributed by atoms with E-state index in [4.69, 9.17) is 9.47 Å². The van der Waals surface area contributed by atoms with E-state index in [0.717, 1.165) is 34.6 Å². The van der Waals surface area contributed by atoms with Gasteiger partial charge >= 0.3 is 0 Å². The molecule has 0 aromatic heterocycles. The summed E-state index contributed by atoms with van der Waals surface area (Å²) in [5.74, 6) is 1.38. The van der Waals surface area contributed by atoms with Crippen molar-refractivity contribution in [3.05, 3.63) is 99.5 Å². The number of fused-ring (bicyclic) bond motifs is 2. The van der Waals surface area contributed by atoms with Crippen LogP contribution in [0.15, 0.2) is 71.6 Å². The molecule has 3 aliphatic rings. The highest BCUT2D eigenvalue weighted by molar-refractivity contribution is 8.04. The van der Waals surface area contributed by atoms with Crippen molar-refractivity contribution >= 4 is 29.7 Å². The molecular weight excluding hydrogens is 508 g/mol. The highest BCUT2D eigenvalue weighted by atomic mass is 32.2. The van der Waals surface area contributed by atoms with Crippen LogP contribution in [0.3, 0.4) is 0 Å². The van der Waals surface area contributed by atoms with Crippen LogP contribution in [0.1, 0.15) is 58.3 Å². The summed E-state index contributed by atoms with van der Waals surface area (Å²) in [5.41, 5.74) is 4.83. The summed E-state index contributed by atoms with van der Waals surface area (Å²) in [7, 11) is 0. The second-order valence-electron chi connectivity index (χ2n) is 10.4. The van der Waals surface area contributed by atoms with Crippen molar-refractivity contribution in [2.45, 2.75) is 57.0 Å². The molecule has 200 valence electrons. The van der Waals surface area contributed by atoms with E-state index >= 15 is 0 Å². The number of carbonyl (C=O) groups excluding carboxylic acids is 2. The van der Waals surface area contributed by atoms with E-state index in [1.807, 2.05) is 48.5 Å². The molecule has 7 heteroatoms. The molecule has 39 heavy (non-hydrogen) atoms. The minimum absolute atomic E-state index is 0.107. The number of amides is 2. The first kappa shape index (κ1) is 25.6. The number of nitrogens with zero attached hydrogens (tertiary/aromatic N) is 1. The summed E-state index contributed by atoms with van der Waals surface area (Å²) in [5, 5.41) is 3.39. The van der Waals surface area contributed by atoms with Gasteiger partial charge in [0.05, 0.1) is 4.91 Å². The van der Waals surface area contributed by atoms with Gasteiger partial charge in [0, 0.05) is 29.9 Å². The van der Waals surface area contributed by atoms with Crippen molar-refractivity contribution in [2.75, 3.05) is 6.79 Å². The molecule has 1 aliphatic carbocycles. The lowest BCUT2D eigenvalue weighted by Crippen LogP contribution is -2.50. The standard InChI is InChI=1S/C32H32N2O4S/c1-21-5-4-6-24(15-21)19-34-26-7-2-3-8-29(26)39-30(32(34)36)17-22-9-12-25(13-10-22)31(35)33-18-23-11-14-27-28(16-23)38-20-37-27/h4-6,9-17,26,29H,2-3,7-8,18-20H2,1H3,(H,33,35)/b30-17+. The van der Waals surface area contributed by atoms with Crippen LogP contribution < -0.4 is 14.8 Å². The van der Waals surface area contributed by atoms with Crippen molar-refractivity contribution < 1.29 is 19.1 Å². The zero-order valence-electron chi connectivity index (χ0n) is 22.0. The second-order valence-corrected chi connectivity index (χ2v) is 11.7. The van der Waals surface area contributed by atoms with Gasteiger partial charge in [0.2, 0.25) is 6.79 Å². The van der Waals surface area contributed by atoms with E-state index in [1.54, 1.807) is 11.8 Å². The number of rotatable bonds is 6. The number of carbonyl (C=O) groups is 2. The van der Waals surface area contributed by atoms with Crippen LogP contribution in [0.4, 0.5) is 0 Å². The molecule has 1 saturated carbocycles. The maximum absolute atomic E-state index is 13.7. The predicted octanol–water partition coefficient (Wildman–Crippen LogP) is 6.08. The first-order valence-electron chi connectivity index (χ1n) is 13.6. The highest BCUT2D eigenvalue weighted by Crippen LogP contribution is 2.42. The molecule has 2 unspecified atom stereocenters. The van der Waals surface area contributed by atoms with Crippen molar-refractivity contribution in [2.24, 2.45) is 0 Å². The number of hydrogen-bond acceptors (Lipinski definition) is 5. The molecule has 2 heterocycles. The van der Waals surface area contributed by atoms with Crippen LogP contribution in [0.25, 0.3) is 6.08 Å². The van der Waals surface area contributed by atoms with Gasteiger partial charge < -0.3 is 19.7 Å². The van der Waals surface area contributed by atoms with Gasteiger partial charge in [-0.3, -0.25) is 9.59 Å². The van der Waals surface area contributed by atoms with Crippen LogP contribution in [0.2, 0.25) is 0 Å². The van der Waals surface area contributed by atoms with E-state index in [0.29, 0.717) is 29.7 Å². The molecule has 1 saturated heterocycles. The van der Waals surface area contributed by atoms with Gasteiger partial charge in [-0.05, 0) is 66.8 Å². The molecule has 2 fully saturated rings. The maximum atomic E-state index is 13.7. The van der Waals surface area contributed by atoms with Crippen LogP contribution >= 0.6 is 11.8 Å². The summed E-state index contributed by atoms with van der Waals surface area (Å²) < 4.78 is 10.8. The number of nitrogens with one attached hydrogen (secondary N) is 1. The predicted molar refractivity (Wildman–Crippen MR) is 154 cm³/mol. The van der Waals surface area contributed by atoms with E-state index in [2.05, 4.69) is 41.4 Å². The Hall–Kier alpha value is -3.71. The quantitative estimate of drug-likeness (QED) is 0.384. The third-order valence-corrected chi connectivity index (χ3v) is 9.01. The first-order chi connectivity index (χ1) is 19.0. The molecule has 3 aromatic rings. The largest absolute Gasteiger partial charge is 0.454 e. The average Bonchev–Trinajstić information content (AvgIpc) is 3.42. The number of benzene rings is 3. The van der Waals surface area contributed by atoms with Crippen LogP contribution in [-0.4, -0.2) is 34.8 Å². The minimum atomic E-state index is -0.149. The lowest BCUT2D eigenvalue weighted by molar-refractivity contribution is -0.130. The summed E-state index contributed by atoms with van der Waals surface area (Å²) in [6.07, 6.45) is 6.57. The Morgan fingerprint density at radius 2 is 1.82 bits per heavy atom. The van der Waals surface area contributed by atoms with E-state index in [-0.39, 0.29) is 24.6 Å². The molecule has 6 rings (SSSR count). The summed E-state index contributed by atoms with van der Waals surface area (Å²) >= 11 is 1.73.